The number of pyridine rings is 1. The molecular weight excluding hydrogens is 614 g/mol. The van der Waals surface area contributed by atoms with E-state index < -0.39 is 52.6 Å². The maximum absolute atomic E-state index is 15.0. The molecule has 6 rings (SSSR count). The lowest BCUT2D eigenvalue weighted by Crippen LogP contribution is -2.49. The van der Waals surface area contributed by atoms with E-state index in [1.807, 2.05) is 6.07 Å². The van der Waals surface area contributed by atoms with Gasteiger partial charge in [-0.3, -0.25) is 18.8 Å². The van der Waals surface area contributed by atoms with E-state index in [0.717, 1.165) is 32.9 Å². The molecular formula is C32H30ClF4N5O3. The summed E-state index contributed by atoms with van der Waals surface area (Å²) in [4.78, 5) is 34.4. The fraction of sp³-hybridized carbons (Fsp3) is 0.344. The molecule has 1 atom stereocenters. The van der Waals surface area contributed by atoms with Crippen LogP contribution in [0.3, 0.4) is 0 Å². The minimum atomic E-state index is -4.87. The number of nitrogens with two attached hydrogens (primary N) is 1. The highest BCUT2D eigenvalue weighted by Gasteiger charge is 2.47. The smallest absolute Gasteiger partial charge is 0.364 e. The van der Waals surface area contributed by atoms with Crippen molar-refractivity contribution < 1.29 is 22.3 Å². The second-order valence-electron chi connectivity index (χ2n) is 11.4. The van der Waals surface area contributed by atoms with Gasteiger partial charge in [0, 0.05) is 43.0 Å². The third kappa shape index (κ3) is 5.95. The van der Waals surface area contributed by atoms with E-state index >= 15 is 4.39 Å². The van der Waals surface area contributed by atoms with Gasteiger partial charge in [0.2, 0.25) is 0 Å². The van der Waals surface area contributed by atoms with Crippen LogP contribution in [-0.2, 0) is 42.8 Å². The molecule has 0 bridgehead atoms. The summed E-state index contributed by atoms with van der Waals surface area (Å²) in [6, 6.07) is 14.4. The molecule has 0 aliphatic carbocycles. The highest BCUT2D eigenvalue weighted by molar-refractivity contribution is 6.30. The third-order valence-electron chi connectivity index (χ3n) is 8.72. The number of likely N-dealkylation sites (tertiary alicyclic amines) is 1. The maximum atomic E-state index is 15.0. The van der Waals surface area contributed by atoms with Crippen LogP contribution in [0.5, 0.6) is 0 Å². The molecule has 2 N–H and O–H groups in total. The first-order valence-electron chi connectivity index (χ1n) is 14.5. The molecule has 13 heteroatoms. The van der Waals surface area contributed by atoms with Gasteiger partial charge in [-0.05, 0) is 36.6 Å². The van der Waals surface area contributed by atoms with E-state index in [4.69, 9.17) is 22.1 Å². The lowest BCUT2D eigenvalue weighted by molar-refractivity contribution is -0.138. The summed E-state index contributed by atoms with van der Waals surface area (Å²) < 4.78 is 65.1. The number of nitrogens with zero attached hydrogens (tertiary/aromatic N) is 4. The summed E-state index contributed by atoms with van der Waals surface area (Å²) in [5.74, 6) is -1.11. The molecule has 0 unspecified atom stereocenters. The molecule has 8 nitrogen and oxygen atoms in total. The predicted molar refractivity (Wildman–Crippen MR) is 159 cm³/mol. The van der Waals surface area contributed by atoms with Gasteiger partial charge >= 0.3 is 11.9 Å². The van der Waals surface area contributed by atoms with Gasteiger partial charge in [-0.25, -0.2) is 14.2 Å². The average Bonchev–Trinajstić information content (AvgIpc) is 3.38. The van der Waals surface area contributed by atoms with E-state index in [1.165, 1.54) is 0 Å². The van der Waals surface area contributed by atoms with Crippen LogP contribution in [0, 0.1) is 5.82 Å². The summed E-state index contributed by atoms with van der Waals surface area (Å²) in [5.41, 5.74) is 3.81. The lowest BCUT2D eigenvalue weighted by atomic mass is 9.85. The summed E-state index contributed by atoms with van der Waals surface area (Å²) in [6.07, 6.45) is -2.50. The number of ether oxygens (including phenoxy) is 1. The Kier molecular flexibility index (Phi) is 8.42. The topological polar surface area (TPSA) is 95.4 Å². The lowest BCUT2D eigenvalue weighted by Gasteiger charge is -2.39. The summed E-state index contributed by atoms with van der Waals surface area (Å²) in [5, 5.41) is 0.397. The van der Waals surface area contributed by atoms with Gasteiger partial charge in [0.25, 0.3) is 5.56 Å². The van der Waals surface area contributed by atoms with Gasteiger partial charge in [0.05, 0.1) is 36.5 Å². The zero-order chi connectivity index (χ0) is 31.9. The molecule has 1 spiro atoms. The number of hydrogen-bond donors (Lipinski definition) is 1. The van der Waals surface area contributed by atoms with Crippen LogP contribution in [0.1, 0.15) is 52.4 Å². The summed E-state index contributed by atoms with van der Waals surface area (Å²) in [6.45, 7) is 0.389. The van der Waals surface area contributed by atoms with E-state index in [0.29, 0.717) is 43.2 Å². The molecule has 236 valence electrons. The molecule has 0 radical (unpaired) electrons. The van der Waals surface area contributed by atoms with Crippen LogP contribution >= 0.6 is 11.6 Å². The van der Waals surface area contributed by atoms with Gasteiger partial charge in [-0.1, -0.05) is 54.1 Å². The first kappa shape index (κ1) is 31.2. The monoisotopic (exact) mass is 643 g/mol. The predicted octanol–water partition coefficient (Wildman–Crippen LogP) is 4.99. The van der Waals surface area contributed by atoms with Gasteiger partial charge in [0.1, 0.15) is 16.6 Å². The van der Waals surface area contributed by atoms with Crippen molar-refractivity contribution in [3.05, 3.63) is 132 Å². The van der Waals surface area contributed by atoms with Crippen molar-refractivity contribution in [2.75, 3.05) is 13.1 Å². The molecule has 1 saturated heterocycles. The Hall–Kier alpha value is -3.84. The molecule has 4 heterocycles. The molecule has 45 heavy (non-hydrogen) atoms. The van der Waals surface area contributed by atoms with E-state index in [1.54, 1.807) is 42.6 Å². The van der Waals surface area contributed by atoms with Gasteiger partial charge < -0.3 is 10.5 Å². The minimum Gasteiger partial charge on any atom is -0.364 e. The van der Waals surface area contributed by atoms with E-state index in [-0.39, 0.29) is 24.4 Å². The Balaban J connectivity index is 1.42. The van der Waals surface area contributed by atoms with Crippen LogP contribution in [0.2, 0.25) is 5.15 Å². The number of aromatic nitrogens is 3. The Morgan fingerprint density at radius 2 is 1.71 bits per heavy atom. The second kappa shape index (κ2) is 12.2. The van der Waals surface area contributed by atoms with Crippen LogP contribution in [0.25, 0.3) is 0 Å². The summed E-state index contributed by atoms with van der Waals surface area (Å²) >= 11 is 6.26. The van der Waals surface area contributed by atoms with E-state index in [9.17, 15) is 22.8 Å². The highest BCUT2D eigenvalue weighted by Crippen LogP contribution is 2.43. The maximum Gasteiger partial charge on any atom is 0.416 e. The molecule has 2 aliphatic heterocycles. The van der Waals surface area contributed by atoms with Gasteiger partial charge in [-0.15, -0.1) is 0 Å². The normalized spacial score (nSPS) is 17.0. The van der Waals surface area contributed by atoms with Crippen molar-refractivity contribution in [2.45, 2.75) is 56.9 Å². The second-order valence-corrected chi connectivity index (χ2v) is 11.8. The first-order valence-corrected chi connectivity index (χ1v) is 14.8. The van der Waals surface area contributed by atoms with Crippen molar-refractivity contribution in [3.8, 4) is 0 Å². The highest BCUT2D eigenvalue weighted by atomic mass is 35.5. The fourth-order valence-corrected chi connectivity index (χ4v) is 6.52. The number of hydrogen-bond acceptors (Lipinski definition) is 6. The number of piperidine rings is 1. The number of halogens is 5. The molecule has 2 aromatic heterocycles. The zero-order valence-electron chi connectivity index (χ0n) is 24.1. The van der Waals surface area contributed by atoms with E-state index in [2.05, 4.69) is 9.88 Å². The molecule has 2 aliphatic rings. The number of alkyl halides is 3. The quantitative estimate of drug-likeness (QED) is 0.225. The minimum absolute atomic E-state index is 0.148. The molecule has 0 amide bonds. The van der Waals surface area contributed by atoms with Crippen LogP contribution in [-0.4, -0.2) is 32.1 Å². The average molecular weight is 644 g/mol. The zero-order valence-corrected chi connectivity index (χ0v) is 24.8. The molecule has 1 fully saturated rings. The van der Waals surface area contributed by atoms with Gasteiger partial charge in [-0.2, -0.15) is 13.2 Å². The van der Waals surface area contributed by atoms with Crippen molar-refractivity contribution in [2.24, 2.45) is 5.73 Å². The molecule has 4 aromatic rings. The largest absolute Gasteiger partial charge is 0.416 e. The van der Waals surface area contributed by atoms with Gasteiger partial charge in [0.15, 0.2) is 0 Å². The number of fused-ring (bicyclic) bond motifs is 2. The summed E-state index contributed by atoms with van der Waals surface area (Å²) in [7, 11) is 0. The molecule has 2 aromatic carbocycles. The Morgan fingerprint density at radius 1 is 0.978 bits per heavy atom. The van der Waals surface area contributed by atoms with Crippen LogP contribution in [0.4, 0.5) is 17.6 Å². The molecule has 0 saturated carbocycles. The van der Waals surface area contributed by atoms with Crippen LogP contribution in [0.15, 0.2) is 76.4 Å². The Bertz CT molecular complexity index is 1840. The van der Waals surface area contributed by atoms with Crippen molar-refractivity contribution in [3.63, 3.8) is 0 Å². The number of rotatable bonds is 7. The van der Waals surface area contributed by atoms with Crippen molar-refractivity contribution in [1.29, 1.82) is 0 Å². The Labute approximate surface area is 260 Å². The standard InChI is InChI=1S/C32H30ClF4N5O3/c33-28-21(8-5-13-39-28)16-40-14-11-31(12-15-40)27-26(19-45-31)41(17-22-23(32(35,36)37)9-4-10-24(22)34)30(44)42(29(27)43)18-25(38)20-6-2-1-3-7-20/h1-10,13,25H,11-12,14-19,38H2/t25-/m0/s1. The Morgan fingerprint density at radius 3 is 2.40 bits per heavy atom. The SMILES string of the molecule is N[C@@H](Cn1c(=O)c2c(n(Cc3c(F)cccc3C(F)(F)F)c1=O)COC21CCN(Cc2cccnc2Cl)CC1)c1ccccc1. The number of benzene rings is 2. The van der Waals surface area contributed by atoms with Crippen molar-refractivity contribution >= 4 is 11.6 Å². The first-order chi connectivity index (χ1) is 21.5. The fourth-order valence-electron chi connectivity index (χ4n) is 6.34. The third-order valence-corrected chi connectivity index (χ3v) is 9.06. The van der Waals surface area contributed by atoms with Crippen LogP contribution < -0.4 is 17.0 Å². The van der Waals surface area contributed by atoms with Crippen molar-refractivity contribution in [1.82, 2.24) is 19.0 Å².